The van der Waals surface area contributed by atoms with Crippen LogP contribution in [0, 0.1) is 0 Å². The minimum absolute atomic E-state index is 0.337. The average Bonchev–Trinajstić information content (AvgIpc) is 2.84. The number of aliphatic hydroxyl groups is 1. The molecule has 9 nitrogen and oxygen atoms in total. The molecule has 0 spiro atoms. The van der Waals surface area contributed by atoms with Crippen LogP contribution in [0.3, 0.4) is 0 Å². The first-order chi connectivity index (χ1) is 12.7. The molecule has 2 rings (SSSR count). The molecular weight excluding hydrogens is 358 g/mol. The van der Waals surface area contributed by atoms with Gasteiger partial charge in [-0.1, -0.05) is 0 Å². The molecule has 1 heterocycles. The lowest BCUT2D eigenvalue weighted by molar-refractivity contribution is -0.166. The highest BCUT2D eigenvalue weighted by Gasteiger charge is 2.53. The summed E-state index contributed by atoms with van der Waals surface area (Å²) in [5.74, 6) is -1.05. The van der Waals surface area contributed by atoms with Crippen LogP contribution in [0.4, 0.5) is 0 Å². The zero-order chi connectivity index (χ0) is 20.3. The number of benzene rings is 1. The number of esters is 2. The van der Waals surface area contributed by atoms with E-state index in [9.17, 15) is 19.5 Å². The van der Waals surface area contributed by atoms with E-state index in [0.29, 0.717) is 22.6 Å². The lowest BCUT2D eigenvalue weighted by atomic mass is 9.94. The van der Waals surface area contributed by atoms with Crippen molar-refractivity contribution in [2.45, 2.75) is 38.7 Å². The molecule has 1 amide bonds. The van der Waals surface area contributed by atoms with Crippen molar-refractivity contribution in [1.82, 2.24) is 4.90 Å². The SMILES string of the molecule is COc1cc(CO)c([C@@H]2[C@H](OC(C)=O)[C@@H](OC(C)=O)C(=O)N2C)c(OC)c1. The molecule has 27 heavy (non-hydrogen) atoms. The van der Waals surface area contributed by atoms with Crippen LogP contribution in [0.1, 0.15) is 31.0 Å². The molecular formula is C18H23NO8. The van der Waals surface area contributed by atoms with Crippen molar-refractivity contribution < 1.29 is 38.4 Å². The summed E-state index contributed by atoms with van der Waals surface area (Å²) in [6, 6.07) is 2.37. The number of hydrogen-bond acceptors (Lipinski definition) is 8. The summed E-state index contributed by atoms with van der Waals surface area (Å²) in [5.41, 5.74) is 0.869. The molecule has 1 N–H and O–H groups in total. The molecule has 0 aromatic heterocycles. The lowest BCUT2D eigenvalue weighted by Crippen LogP contribution is -2.36. The molecule has 148 valence electrons. The maximum absolute atomic E-state index is 12.7. The second kappa shape index (κ2) is 8.26. The Labute approximate surface area is 156 Å². The number of ether oxygens (including phenoxy) is 4. The summed E-state index contributed by atoms with van der Waals surface area (Å²) < 4.78 is 21.1. The van der Waals surface area contributed by atoms with Gasteiger partial charge in [0.1, 0.15) is 17.5 Å². The summed E-state index contributed by atoms with van der Waals surface area (Å²) >= 11 is 0. The van der Waals surface area contributed by atoms with E-state index in [1.165, 1.54) is 40.0 Å². The van der Waals surface area contributed by atoms with E-state index in [2.05, 4.69) is 0 Å². The van der Waals surface area contributed by atoms with Crippen LogP contribution in [-0.4, -0.2) is 61.3 Å². The highest BCUT2D eigenvalue weighted by molar-refractivity contribution is 5.88. The monoisotopic (exact) mass is 381 g/mol. The zero-order valence-corrected chi connectivity index (χ0v) is 15.8. The number of aliphatic hydroxyl groups excluding tert-OH is 1. The van der Waals surface area contributed by atoms with Crippen LogP contribution in [0.5, 0.6) is 11.5 Å². The Morgan fingerprint density at radius 2 is 1.74 bits per heavy atom. The number of hydrogen-bond donors (Lipinski definition) is 1. The van der Waals surface area contributed by atoms with Gasteiger partial charge in [0, 0.05) is 32.5 Å². The number of carbonyl (C=O) groups excluding carboxylic acids is 3. The number of methoxy groups -OCH3 is 2. The zero-order valence-electron chi connectivity index (χ0n) is 15.8. The normalized spacial score (nSPS) is 21.8. The van der Waals surface area contributed by atoms with Gasteiger partial charge < -0.3 is 29.0 Å². The highest BCUT2D eigenvalue weighted by atomic mass is 16.6. The fraction of sp³-hybridized carbons (Fsp3) is 0.500. The third kappa shape index (κ3) is 3.97. The smallest absolute Gasteiger partial charge is 0.303 e. The van der Waals surface area contributed by atoms with E-state index in [1.807, 2.05) is 0 Å². The van der Waals surface area contributed by atoms with Gasteiger partial charge in [0.25, 0.3) is 5.91 Å². The first kappa shape index (κ1) is 20.5. The van der Waals surface area contributed by atoms with Gasteiger partial charge >= 0.3 is 11.9 Å². The number of likely N-dealkylation sites (tertiary alicyclic amines) is 1. The second-order valence-corrected chi connectivity index (χ2v) is 6.06. The third-order valence-corrected chi connectivity index (χ3v) is 4.34. The van der Waals surface area contributed by atoms with E-state index < -0.39 is 36.1 Å². The summed E-state index contributed by atoms with van der Waals surface area (Å²) in [4.78, 5) is 37.1. The van der Waals surface area contributed by atoms with Crippen LogP contribution in [0.2, 0.25) is 0 Å². The summed E-state index contributed by atoms with van der Waals surface area (Å²) in [5, 5.41) is 9.84. The van der Waals surface area contributed by atoms with Gasteiger partial charge in [-0.2, -0.15) is 0 Å². The molecule has 0 saturated carbocycles. The molecule has 1 saturated heterocycles. The topological polar surface area (TPSA) is 112 Å². The van der Waals surface area contributed by atoms with Gasteiger partial charge in [0.2, 0.25) is 6.10 Å². The van der Waals surface area contributed by atoms with Crippen molar-refractivity contribution in [3.8, 4) is 11.5 Å². The van der Waals surface area contributed by atoms with Gasteiger partial charge in [-0.05, 0) is 11.6 Å². The highest BCUT2D eigenvalue weighted by Crippen LogP contribution is 2.43. The molecule has 9 heteroatoms. The van der Waals surface area contributed by atoms with E-state index in [4.69, 9.17) is 18.9 Å². The molecule has 0 radical (unpaired) electrons. The molecule has 1 aromatic rings. The summed E-state index contributed by atoms with van der Waals surface area (Å²) in [6.45, 7) is 1.99. The van der Waals surface area contributed by atoms with Crippen molar-refractivity contribution in [1.29, 1.82) is 0 Å². The lowest BCUT2D eigenvalue weighted by Gasteiger charge is -2.28. The largest absolute Gasteiger partial charge is 0.497 e. The van der Waals surface area contributed by atoms with Crippen LogP contribution in [0.25, 0.3) is 0 Å². The summed E-state index contributed by atoms with van der Waals surface area (Å²) in [6.07, 6.45) is -2.39. The molecule has 1 aromatic carbocycles. The maximum atomic E-state index is 12.7. The van der Waals surface area contributed by atoms with Gasteiger partial charge in [-0.15, -0.1) is 0 Å². The Morgan fingerprint density at radius 3 is 2.22 bits per heavy atom. The second-order valence-electron chi connectivity index (χ2n) is 6.06. The van der Waals surface area contributed by atoms with Crippen molar-refractivity contribution in [2.24, 2.45) is 0 Å². The maximum Gasteiger partial charge on any atom is 0.303 e. The van der Waals surface area contributed by atoms with Crippen molar-refractivity contribution >= 4 is 17.8 Å². The molecule has 0 aliphatic carbocycles. The fourth-order valence-corrected chi connectivity index (χ4v) is 3.25. The Balaban J connectivity index is 2.64. The predicted molar refractivity (Wildman–Crippen MR) is 92.1 cm³/mol. The van der Waals surface area contributed by atoms with Gasteiger partial charge in [0.15, 0.2) is 6.10 Å². The molecule has 0 bridgehead atoms. The quantitative estimate of drug-likeness (QED) is 0.712. The van der Waals surface area contributed by atoms with Gasteiger partial charge in [-0.3, -0.25) is 14.4 Å². The van der Waals surface area contributed by atoms with Crippen molar-refractivity contribution in [2.75, 3.05) is 21.3 Å². The Hall–Kier alpha value is -2.81. The third-order valence-electron chi connectivity index (χ3n) is 4.34. The number of rotatable bonds is 6. The number of nitrogens with zero attached hydrogens (tertiary/aromatic N) is 1. The minimum atomic E-state index is -1.29. The van der Waals surface area contributed by atoms with E-state index in [0.717, 1.165) is 0 Å². The van der Waals surface area contributed by atoms with E-state index in [1.54, 1.807) is 12.1 Å². The Morgan fingerprint density at radius 1 is 1.11 bits per heavy atom. The van der Waals surface area contributed by atoms with Crippen molar-refractivity contribution in [3.05, 3.63) is 23.3 Å². The van der Waals surface area contributed by atoms with Crippen molar-refractivity contribution in [3.63, 3.8) is 0 Å². The molecule has 1 aliphatic heterocycles. The molecule has 1 aliphatic rings. The molecule has 3 atom stereocenters. The average molecular weight is 381 g/mol. The summed E-state index contributed by atoms with van der Waals surface area (Å²) in [7, 11) is 4.40. The number of amides is 1. The van der Waals surface area contributed by atoms with Crippen LogP contribution in [0.15, 0.2) is 12.1 Å². The van der Waals surface area contributed by atoms with Gasteiger partial charge in [0.05, 0.1) is 20.8 Å². The van der Waals surface area contributed by atoms with Gasteiger partial charge in [-0.25, -0.2) is 0 Å². The van der Waals surface area contributed by atoms with E-state index in [-0.39, 0.29) is 6.61 Å². The van der Waals surface area contributed by atoms with E-state index >= 15 is 0 Å². The van der Waals surface area contributed by atoms with Crippen LogP contribution < -0.4 is 9.47 Å². The predicted octanol–water partition coefficient (Wildman–Crippen LogP) is 0.573. The Bertz CT molecular complexity index is 722. The standard InChI is InChI=1S/C18H23NO8/c1-9(21)26-16-15(19(3)18(23)17(16)27-10(2)22)14-11(8-20)6-12(24-4)7-13(14)25-5/h6-7,15-17,20H,8H2,1-5H3/t15-,16+,17-/m1/s1. The Kier molecular flexibility index (Phi) is 6.27. The first-order valence-electron chi connectivity index (χ1n) is 8.21. The minimum Gasteiger partial charge on any atom is -0.497 e. The number of likely N-dealkylation sites (N-methyl/N-ethyl adjacent to an activating group) is 1. The first-order valence-corrected chi connectivity index (χ1v) is 8.21. The van der Waals surface area contributed by atoms with Crippen LogP contribution >= 0.6 is 0 Å². The molecule has 1 fully saturated rings. The molecule has 0 unspecified atom stereocenters. The fourth-order valence-electron chi connectivity index (χ4n) is 3.25. The number of carbonyl (C=O) groups is 3. The van der Waals surface area contributed by atoms with Crippen LogP contribution in [-0.2, 0) is 30.5 Å².